The van der Waals surface area contributed by atoms with Crippen LogP contribution >= 0.6 is 0 Å². The van der Waals surface area contributed by atoms with E-state index < -0.39 is 0 Å². The van der Waals surface area contributed by atoms with Gasteiger partial charge in [-0.05, 0) is 41.8 Å². The molecule has 2 aromatic heterocycles. The molecule has 0 aliphatic carbocycles. The lowest BCUT2D eigenvalue weighted by atomic mass is 10.1. The molecule has 0 aliphatic rings. The van der Waals surface area contributed by atoms with Crippen LogP contribution < -0.4 is 15.4 Å². The summed E-state index contributed by atoms with van der Waals surface area (Å²) in [6.45, 7) is 1.05. The molecule has 27 heavy (non-hydrogen) atoms. The topological polar surface area (TPSA) is 89.0 Å². The van der Waals surface area contributed by atoms with Crippen molar-refractivity contribution in [2.24, 2.45) is 0 Å². The van der Waals surface area contributed by atoms with E-state index in [2.05, 4.69) is 25.6 Å². The van der Waals surface area contributed by atoms with Gasteiger partial charge in [0.1, 0.15) is 11.4 Å². The van der Waals surface area contributed by atoms with Gasteiger partial charge in [0, 0.05) is 31.7 Å². The maximum Gasteiger partial charge on any atom is 0.270 e. The Bertz CT molecular complexity index is 886. The van der Waals surface area contributed by atoms with Crippen LogP contribution in [0, 0.1) is 0 Å². The summed E-state index contributed by atoms with van der Waals surface area (Å²) in [6.07, 6.45) is 5.71. The van der Waals surface area contributed by atoms with Crippen LogP contribution in [-0.2, 0) is 13.0 Å². The van der Waals surface area contributed by atoms with Crippen molar-refractivity contribution in [2.45, 2.75) is 13.0 Å². The second-order valence-corrected chi connectivity index (χ2v) is 5.79. The van der Waals surface area contributed by atoms with E-state index in [0.29, 0.717) is 24.7 Å². The Hall–Kier alpha value is -3.48. The van der Waals surface area contributed by atoms with Crippen molar-refractivity contribution in [3.05, 3.63) is 77.9 Å². The van der Waals surface area contributed by atoms with Gasteiger partial charge in [0.05, 0.1) is 7.11 Å². The molecule has 7 nitrogen and oxygen atoms in total. The van der Waals surface area contributed by atoms with E-state index >= 15 is 0 Å². The largest absolute Gasteiger partial charge is 0.496 e. The molecule has 0 saturated carbocycles. The molecule has 0 bridgehead atoms. The zero-order chi connectivity index (χ0) is 18.9. The van der Waals surface area contributed by atoms with Crippen molar-refractivity contribution in [1.29, 1.82) is 0 Å². The molecule has 0 aliphatic heterocycles. The monoisotopic (exact) mass is 363 g/mol. The molecule has 2 heterocycles. The lowest BCUT2D eigenvalue weighted by Gasteiger charge is -2.09. The normalized spacial score (nSPS) is 10.3. The number of rotatable bonds is 8. The van der Waals surface area contributed by atoms with Crippen LogP contribution in [0.25, 0.3) is 0 Å². The number of anilines is 1. The molecule has 1 aromatic carbocycles. The van der Waals surface area contributed by atoms with Crippen molar-refractivity contribution in [2.75, 3.05) is 19.0 Å². The molecule has 3 rings (SSSR count). The number of para-hydroxylation sites is 1. The number of methoxy groups -OCH3 is 1. The van der Waals surface area contributed by atoms with Crippen LogP contribution in [0.5, 0.6) is 5.75 Å². The van der Waals surface area contributed by atoms with Gasteiger partial charge < -0.3 is 15.4 Å². The predicted octanol–water partition coefficient (Wildman–Crippen LogP) is 2.46. The SMILES string of the molecule is COc1ccccc1CCNc1nccc(C(=O)NCc2ccncc2)n1. The summed E-state index contributed by atoms with van der Waals surface area (Å²) >= 11 is 0. The molecule has 0 fully saturated rings. The van der Waals surface area contributed by atoms with Crippen LogP contribution in [0.4, 0.5) is 5.95 Å². The van der Waals surface area contributed by atoms with E-state index in [9.17, 15) is 4.79 Å². The number of benzene rings is 1. The summed E-state index contributed by atoms with van der Waals surface area (Å²) in [5.74, 6) is 1.02. The maximum absolute atomic E-state index is 12.3. The lowest BCUT2D eigenvalue weighted by molar-refractivity contribution is 0.0946. The van der Waals surface area contributed by atoms with Crippen molar-refractivity contribution >= 4 is 11.9 Å². The standard InChI is InChI=1S/C20H21N5O2/c1-27-18-5-3-2-4-16(18)8-12-22-20-23-13-9-17(25-20)19(26)24-14-15-6-10-21-11-7-15/h2-7,9-11,13H,8,12,14H2,1H3,(H,24,26)(H,22,23,25). The summed E-state index contributed by atoms with van der Waals surface area (Å²) in [7, 11) is 1.66. The second-order valence-electron chi connectivity index (χ2n) is 5.79. The molecule has 0 spiro atoms. The average Bonchev–Trinajstić information content (AvgIpc) is 2.73. The Labute approximate surface area is 157 Å². The zero-order valence-electron chi connectivity index (χ0n) is 15.1. The van der Waals surface area contributed by atoms with Crippen molar-refractivity contribution in [3.63, 3.8) is 0 Å². The minimum Gasteiger partial charge on any atom is -0.496 e. The minimum absolute atomic E-state index is 0.248. The van der Waals surface area contributed by atoms with Gasteiger partial charge in [0.25, 0.3) is 5.91 Å². The number of hydrogen-bond acceptors (Lipinski definition) is 6. The van der Waals surface area contributed by atoms with E-state index in [0.717, 1.165) is 23.3 Å². The van der Waals surface area contributed by atoms with Crippen LogP contribution in [0.3, 0.4) is 0 Å². The number of amides is 1. The van der Waals surface area contributed by atoms with E-state index in [4.69, 9.17) is 4.74 Å². The van der Waals surface area contributed by atoms with Crippen LogP contribution in [0.2, 0.25) is 0 Å². The summed E-state index contributed by atoms with van der Waals surface area (Å²) in [4.78, 5) is 24.7. The van der Waals surface area contributed by atoms with Gasteiger partial charge in [-0.1, -0.05) is 18.2 Å². The second kappa shape index (κ2) is 9.28. The third-order valence-electron chi connectivity index (χ3n) is 3.96. The van der Waals surface area contributed by atoms with Crippen molar-refractivity contribution in [1.82, 2.24) is 20.3 Å². The average molecular weight is 363 g/mol. The van der Waals surface area contributed by atoms with E-state index in [1.807, 2.05) is 36.4 Å². The Morgan fingerprint density at radius 1 is 1.07 bits per heavy atom. The molecular weight excluding hydrogens is 342 g/mol. The van der Waals surface area contributed by atoms with Crippen molar-refractivity contribution < 1.29 is 9.53 Å². The molecule has 3 aromatic rings. The number of carbonyl (C=O) groups excluding carboxylic acids is 1. The highest BCUT2D eigenvalue weighted by molar-refractivity contribution is 5.92. The van der Waals surface area contributed by atoms with E-state index in [1.54, 1.807) is 31.8 Å². The fourth-order valence-corrected chi connectivity index (χ4v) is 2.56. The van der Waals surface area contributed by atoms with Crippen molar-refractivity contribution in [3.8, 4) is 5.75 Å². The van der Waals surface area contributed by atoms with Gasteiger partial charge in [0.2, 0.25) is 5.95 Å². The quantitative estimate of drug-likeness (QED) is 0.639. The molecule has 2 N–H and O–H groups in total. The molecule has 0 unspecified atom stereocenters. The summed E-state index contributed by atoms with van der Waals surface area (Å²) in [5, 5.41) is 5.99. The number of pyridine rings is 1. The summed E-state index contributed by atoms with van der Waals surface area (Å²) < 4.78 is 5.35. The Kier molecular flexibility index (Phi) is 6.30. The molecular formula is C20H21N5O2. The number of nitrogens with zero attached hydrogens (tertiary/aromatic N) is 3. The number of nitrogens with one attached hydrogen (secondary N) is 2. The minimum atomic E-state index is -0.248. The van der Waals surface area contributed by atoms with E-state index in [1.165, 1.54) is 0 Å². The number of aromatic nitrogens is 3. The maximum atomic E-state index is 12.3. The van der Waals surface area contributed by atoms with Gasteiger partial charge >= 0.3 is 0 Å². The molecule has 138 valence electrons. The lowest BCUT2D eigenvalue weighted by Crippen LogP contribution is -2.24. The zero-order valence-corrected chi connectivity index (χ0v) is 15.1. The first-order chi connectivity index (χ1) is 13.3. The highest BCUT2D eigenvalue weighted by Crippen LogP contribution is 2.17. The highest BCUT2D eigenvalue weighted by atomic mass is 16.5. The van der Waals surface area contributed by atoms with Gasteiger partial charge in [-0.15, -0.1) is 0 Å². The first-order valence-corrected chi connectivity index (χ1v) is 8.62. The summed E-state index contributed by atoms with van der Waals surface area (Å²) in [6, 6.07) is 13.2. The highest BCUT2D eigenvalue weighted by Gasteiger charge is 2.09. The third-order valence-corrected chi connectivity index (χ3v) is 3.96. The fraction of sp³-hybridized carbons (Fsp3) is 0.200. The number of carbonyl (C=O) groups is 1. The molecule has 0 radical (unpaired) electrons. The summed E-state index contributed by atoms with van der Waals surface area (Å²) in [5.41, 5.74) is 2.39. The van der Waals surface area contributed by atoms with Gasteiger partial charge in [-0.3, -0.25) is 9.78 Å². The molecule has 0 saturated heterocycles. The van der Waals surface area contributed by atoms with Gasteiger partial charge in [-0.2, -0.15) is 0 Å². The Balaban J connectivity index is 1.54. The molecule has 7 heteroatoms. The molecule has 1 amide bonds. The fourth-order valence-electron chi connectivity index (χ4n) is 2.56. The number of ether oxygens (including phenoxy) is 1. The van der Waals surface area contributed by atoms with Crippen LogP contribution in [-0.4, -0.2) is 34.5 Å². The third kappa shape index (κ3) is 5.24. The smallest absolute Gasteiger partial charge is 0.270 e. The van der Waals surface area contributed by atoms with Gasteiger partial charge in [0.15, 0.2) is 0 Å². The van der Waals surface area contributed by atoms with Crippen LogP contribution in [0.1, 0.15) is 21.6 Å². The Morgan fingerprint density at radius 2 is 1.89 bits per heavy atom. The first-order valence-electron chi connectivity index (χ1n) is 8.62. The first kappa shape index (κ1) is 18.3. The molecule has 0 atom stereocenters. The van der Waals surface area contributed by atoms with Gasteiger partial charge in [-0.25, -0.2) is 9.97 Å². The Morgan fingerprint density at radius 3 is 2.70 bits per heavy atom. The van der Waals surface area contributed by atoms with Crippen LogP contribution in [0.15, 0.2) is 61.1 Å². The van der Waals surface area contributed by atoms with E-state index in [-0.39, 0.29) is 5.91 Å². The number of hydrogen-bond donors (Lipinski definition) is 2. The predicted molar refractivity (Wildman–Crippen MR) is 103 cm³/mol.